The molecular weight excluding hydrogens is 358 g/mol. The third-order valence-electron chi connectivity index (χ3n) is 3.88. The minimum absolute atomic E-state index is 0.228. The van der Waals surface area contributed by atoms with Crippen LogP contribution in [0.2, 0.25) is 0 Å². The molecule has 1 aliphatic rings. The first-order valence-corrected chi connectivity index (χ1v) is 8.14. The molecular formula is C17H16BrN3O2. The molecule has 3 rings (SSSR count). The van der Waals surface area contributed by atoms with E-state index in [2.05, 4.69) is 31.5 Å². The molecule has 5 nitrogen and oxygen atoms in total. The van der Waals surface area contributed by atoms with Gasteiger partial charge in [0.05, 0.1) is 0 Å². The molecule has 0 radical (unpaired) electrons. The van der Waals surface area contributed by atoms with Crippen molar-refractivity contribution in [2.24, 2.45) is 5.41 Å². The molecule has 1 aromatic heterocycles. The summed E-state index contributed by atoms with van der Waals surface area (Å²) in [6.07, 6.45) is 4.53. The van der Waals surface area contributed by atoms with Crippen LogP contribution in [-0.2, 0) is 16.1 Å². The van der Waals surface area contributed by atoms with Crippen LogP contribution in [0.3, 0.4) is 0 Å². The number of carbonyl (C=O) groups is 2. The quantitative estimate of drug-likeness (QED) is 0.791. The van der Waals surface area contributed by atoms with Crippen molar-refractivity contribution >= 4 is 33.4 Å². The van der Waals surface area contributed by atoms with E-state index < -0.39 is 5.41 Å². The number of carbonyl (C=O) groups excluding carboxylic acids is 2. The number of aromatic nitrogens is 1. The van der Waals surface area contributed by atoms with Gasteiger partial charge in [-0.3, -0.25) is 14.6 Å². The Balaban J connectivity index is 1.62. The van der Waals surface area contributed by atoms with Crippen LogP contribution in [0, 0.1) is 5.41 Å². The van der Waals surface area contributed by atoms with E-state index in [9.17, 15) is 9.59 Å². The number of hydrogen-bond donors (Lipinski definition) is 2. The van der Waals surface area contributed by atoms with Gasteiger partial charge in [0, 0.05) is 29.1 Å². The minimum Gasteiger partial charge on any atom is -0.351 e. The van der Waals surface area contributed by atoms with Crippen molar-refractivity contribution in [1.82, 2.24) is 10.3 Å². The summed E-state index contributed by atoms with van der Waals surface area (Å²) in [5.74, 6) is -0.479. The summed E-state index contributed by atoms with van der Waals surface area (Å²) in [6.45, 7) is 0.374. The largest absolute Gasteiger partial charge is 0.351 e. The average Bonchev–Trinajstić information content (AvgIpc) is 3.35. The molecule has 2 aromatic rings. The Labute approximate surface area is 142 Å². The van der Waals surface area contributed by atoms with Crippen LogP contribution in [0.25, 0.3) is 0 Å². The Morgan fingerprint density at radius 2 is 2.00 bits per heavy atom. The Bertz CT molecular complexity index is 730. The van der Waals surface area contributed by atoms with Crippen LogP contribution in [0.4, 0.5) is 5.69 Å². The predicted molar refractivity (Wildman–Crippen MR) is 90.5 cm³/mol. The molecule has 0 bridgehead atoms. The highest BCUT2D eigenvalue weighted by Gasteiger charge is 2.56. The summed E-state index contributed by atoms with van der Waals surface area (Å²) in [6, 6.07) is 11.0. The molecule has 1 fully saturated rings. The van der Waals surface area contributed by atoms with E-state index in [0.717, 1.165) is 10.0 Å². The summed E-state index contributed by atoms with van der Waals surface area (Å²) < 4.78 is 0.876. The maximum absolute atomic E-state index is 12.5. The fraction of sp³-hybridized carbons (Fsp3) is 0.235. The maximum atomic E-state index is 12.5. The molecule has 1 heterocycles. The van der Waals surface area contributed by atoms with Gasteiger partial charge in [-0.2, -0.15) is 0 Å². The molecule has 1 saturated carbocycles. The van der Waals surface area contributed by atoms with Crippen molar-refractivity contribution in [3.8, 4) is 0 Å². The first-order valence-electron chi connectivity index (χ1n) is 7.34. The fourth-order valence-corrected chi connectivity index (χ4v) is 2.75. The Kier molecular flexibility index (Phi) is 4.43. The third kappa shape index (κ3) is 3.59. The zero-order chi connectivity index (χ0) is 16.3. The van der Waals surface area contributed by atoms with E-state index in [4.69, 9.17) is 0 Å². The van der Waals surface area contributed by atoms with Gasteiger partial charge in [-0.1, -0.05) is 28.1 Å². The van der Waals surface area contributed by atoms with E-state index >= 15 is 0 Å². The lowest BCUT2D eigenvalue weighted by Gasteiger charge is -2.15. The summed E-state index contributed by atoms with van der Waals surface area (Å²) in [5, 5.41) is 5.65. The van der Waals surface area contributed by atoms with E-state index in [0.29, 0.717) is 25.1 Å². The zero-order valence-electron chi connectivity index (χ0n) is 12.4. The van der Waals surface area contributed by atoms with Gasteiger partial charge in [-0.25, -0.2) is 0 Å². The molecule has 0 saturated heterocycles. The number of benzene rings is 1. The van der Waals surface area contributed by atoms with Crippen LogP contribution >= 0.6 is 15.9 Å². The maximum Gasteiger partial charge on any atom is 0.240 e. The molecule has 0 atom stereocenters. The number of nitrogens with zero attached hydrogens (tertiary/aromatic N) is 1. The van der Waals surface area contributed by atoms with Gasteiger partial charge in [-0.05, 0) is 42.7 Å². The SMILES string of the molecule is O=C(NCc1cccnc1)C1(C(=O)Nc2cccc(Br)c2)CC1. The number of pyridine rings is 1. The summed E-state index contributed by atoms with van der Waals surface area (Å²) in [7, 11) is 0. The average molecular weight is 374 g/mol. The lowest BCUT2D eigenvalue weighted by atomic mass is 10.0. The standard InChI is InChI=1S/C17H16BrN3O2/c18-13-4-1-5-14(9-13)21-16(23)17(6-7-17)15(22)20-11-12-3-2-8-19-10-12/h1-5,8-10H,6-7,11H2,(H,20,22)(H,21,23). The van der Waals surface area contributed by atoms with Crippen molar-refractivity contribution in [3.05, 3.63) is 58.8 Å². The smallest absolute Gasteiger partial charge is 0.240 e. The van der Waals surface area contributed by atoms with Crippen molar-refractivity contribution in [3.63, 3.8) is 0 Å². The lowest BCUT2D eigenvalue weighted by Crippen LogP contribution is -2.39. The number of anilines is 1. The number of hydrogen-bond acceptors (Lipinski definition) is 3. The zero-order valence-corrected chi connectivity index (χ0v) is 14.0. The van der Waals surface area contributed by atoms with Gasteiger partial charge in [-0.15, -0.1) is 0 Å². The summed E-state index contributed by atoms with van der Waals surface area (Å²) in [5.41, 5.74) is 0.643. The fourth-order valence-electron chi connectivity index (χ4n) is 2.35. The van der Waals surface area contributed by atoms with Crippen molar-refractivity contribution in [1.29, 1.82) is 0 Å². The minimum atomic E-state index is -0.940. The van der Waals surface area contributed by atoms with Crippen molar-refractivity contribution in [2.45, 2.75) is 19.4 Å². The first kappa shape index (κ1) is 15.7. The Morgan fingerprint density at radius 1 is 1.17 bits per heavy atom. The molecule has 1 aromatic carbocycles. The Morgan fingerprint density at radius 3 is 2.65 bits per heavy atom. The second kappa shape index (κ2) is 6.50. The first-order chi connectivity index (χ1) is 11.1. The van der Waals surface area contributed by atoms with Gasteiger partial charge in [0.15, 0.2) is 0 Å². The van der Waals surface area contributed by atoms with Crippen molar-refractivity contribution < 1.29 is 9.59 Å². The van der Waals surface area contributed by atoms with Gasteiger partial charge in [0.25, 0.3) is 0 Å². The van der Waals surface area contributed by atoms with E-state index in [-0.39, 0.29) is 11.8 Å². The van der Waals surface area contributed by atoms with Gasteiger partial charge < -0.3 is 10.6 Å². The molecule has 2 amide bonds. The number of halogens is 1. The van der Waals surface area contributed by atoms with Gasteiger partial charge >= 0.3 is 0 Å². The summed E-state index contributed by atoms with van der Waals surface area (Å²) in [4.78, 5) is 28.9. The van der Waals surface area contributed by atoms with Gasteiger partial charge in [0.2, 0.25) is 11.8 Å². The highest BCUT2D eigenvalue weighted by Crippen LogP contribution is 2.47. The normalized spacial score (nSPS) is 14.8. The number of rotatable bonds is 5. The van der Waals surface area contributed by atoms with E-state index in [1.165, 1.54) is 0 Å². The van der Waals surface area contributed by atoms with E-state index in [1.807, 2.05) is 30.3 Å². The third-order valence-corrected chi connectivity index (χ3v) is 4.37. The van der Waals surface area contributed by atoms with Crippen LogP contribution in [0.1, 0.15) is 18.4 Å². The summed E-state index contributed by atoms with van der Waals surface area (Å²) >= 11 is 3.36. The molecule has 0 aliphatic heterocycles. The van der Waals surface area contributed by atoms with Crippen LogP contribution in [0.5, 0.6) is 0 Å². The highest BCUT2D eigenvalue weighted by atomic mass is 79.9. The second-order valence-electron chi connectivity index (χ2n) is 5.59. The number of amides is 2. The monoisotopic (exact) mass is 373 g/mol. The Hall–Kier alpha value is -2.21. The molecule has 118 valence electrons. The topological polar surface area (TPSA) is 71.1 Å². The highest BCUT2D eigenvalue weighted by molar-refractivity contribution is 9.10. The van der Waals surface area contributed by atoms with Crippen molar-refractivity contribution in [2.75, 3.05) is 5.32 Å². The second-order valence-corrected chi connectivity index (χ2v) is 6.51. The van der Waals surface area contributed by atoms with Crippen LogP contribution < -0.4 is 10.6 Å². The molecule has 0 unspecified atom stereocenters. The number of nitrogens with one attached hydrogen (secondary N) is 2. The molecule has 0 spiro atoms. The molecule has 2 N–H and O–H groups in total. The van der Waals surface area contributed by atoms with Gasteiger partial charge in [0.1, 0.15) is 5.41 Å². The predicted octanol–water partition coefficient (Wildman–Crippen LogP) is 2.88. The molecule has 1 aliphatic carbocycles. The van der Waals surface area contributed by atoms with E-state index in [1.54, 1.807) is 18.5 Å². The lowest BCUT2D eigenvalue weighted by molar-refractivity contribution is -0.134. The van der Waals surface area contributed by atoms with Crippen LogP contribution in [0.15, 0.2) is 53.3 Å². The molecule has 6 heteroatoms. The van der Waals surface area contributed by atoms with Crippen LogP contribution in [-0.4, -0.2) is 16.8 Å². The molecule has 23 heavy (non-hydrogen) atoms.